The molecule has 0 fully saturated rings. The van der Waals surface area contributed by atoms with Crippen molar-refractivity contribution in [3.63, 3.8) is 0 Å². The minimum atomic E-state index is -0.0966. The molecule has 1 amide bonds. The van der Waals surface area contributed by atoms with Crippen LogP contribution in [0.5, 0.6) is 0 Å². The Balaban J connectivity index is 2.23. The van der Waals surface area contributed by atoms with E-state index in [1.165, 1.54) is 16.4 Å². The number of thioether (sulfide) groups is 1. The summed E-state index contributed by atoms with van der Waals surface area (Å²) >= 11 is 1.22. The molecule has 2 aromatic heterocycles. The molecule has 0 atom stereocenters. The summed E-state index contributed by atoms with van der Waals surface area (Å²) in [4.78, 5) is 11.2. The molecule has 0 saturated heterocycles. The zero-order valence-corrected chi connectivity index (χ0v) is 11.7. The Bertz CT molecular complexity index is 603. The second-order valence-electron chi connectivity index (χ2n) is 3.95. The van der Waals surface area contributed by atoms with Crippen LogP contribution in [0.3, 0.4) is 0 Å². The first kappa shape index (κ1) is 13.4. The van der Waals surface area contributed by atoms with Crippen molar-refractivity contribution in [3.8, 4) is 5.95 Å². The van der Waals surface area contributed by atoms with Crippen molar-refractivity contribution >= 4 is 17.7 Å². The van der Waals surface area contributed by atoms with Crippen molar-refractivity contribution in [1.29, 1.82) is 0 Å². The monoisotopic (exact) mass is 281 g/mol. The highest BCUT2D eigenvalue weighted by Gasteiger charge is 2.15. The van der Waals surface area contributed by atoms with Crippen LogP contribution in [0.1, 0.15) is 11.4 Å². The largest absolute Gasteiger partial charge is 0.358 e. The van der Waals surface area contributed by atoms with Gasteiger partial charge in [-0.2, -0.15) is 5.10 Å². The Morgan fingerprint density at radius 1 is 1.47 bits per heavy atom. The second kappa shape index (κ2) is 5.31. The van der Waals surface area contributed by atoms with E-state index in [0.717, 1.165) is 11.4 Å². The summed E-state index contributed by atoms with van der Waals surface area (Å²) in [5, 5.41) is 15.2. The molecule has 8 nitrogen and oxygen atoms in total. The predicted molar refractivity (Wildman–Crippen MR) is 71.6 cm³/mol. The van der Waals surface area contributed by atoms with Crippen LogP contribution in [0.4, 0.5) is 0 Å². The van der Waals surface area contributed by atoms with E-state index in [-0.39, 0.29) is 11.7 Å². The second-order valence-corrected chi connectivity index (χ2v) is 4.90. The Labute approximate surface area is 114 Å². The number of carbonyl (C=O) groups excluding carboxylic acids is 1. The molecule has 0 aromatic carbocycles. The van der Waals surface area contributed by atoms with Crippen LogP contribution >= 0.6 is 11.8 Å². The number of rotatable bonds is 4. The van der Waals surface area contributed by atoms with E-state index in [9.17, 15) is 4.79 Å². The van der Waals surface area contributed by atoms with Gasteiger partial charge in [-0.1, -0.05) is 11.8 Å². The zero-order valence-electron chi connectivity index (χ0n) is 10.9. The summed E-state index contributed by atoms with van der Waals surface area (Å²) in [6.07, 6.45) is 0. The summed E-state index contributed by atoms with van der Waals surface area (Å²) < 4.78 is 2.94. The molecule has 0 radical (unpaired) electrons. The molecule has 0 unspecified atom stereocenters. The molecule has 0 bridgehead atoms. The fourth-order valence-electron chi connectivity index (χ4n) is 1.55. The smallest absolute Gasteiger partial charge is 0.271 e. The average molecular weight is 281 g/mol. The molecule has 2 heterocycles. The van der Waals surface area contributed by atoms with E-state index in [4.69, 9.17) is 5.84 Å². The Hall–Kier alpha value is -2.03. The lowest BCUT2D eigenvalue weighted by atomic mass is 10.4. The van der Waals surface area contributed by atoms with Gasteiger partial charge in [0.25, 0.3) is 5.95 Å². The molecule has 2 rings (SSSR count). The molecule has 102 valence electrons. The van der Waals surface area contributed by atoms with Crippen LogP contribution < -0.4 is 11.2 Å². The molecule has 0 saturated carbocycles. The normalized spacial score (nSPS) is 10.7. The van der Waals surface area contributed by atoms with Gasteiger partial charge in [0.2, 0.25) is 11.1 Å². The fourth-order valence-corrected chi connectivity index (χ4v) is 2.27. The zero-order chi connectivity index (χ0) is 14.0. The number of amides is 1. The highest BCUT2D eigenvalue weighted by atomic mass is 32.2. The van der Waals surface area contributed by atoms with Crippen LogP contribution in [0.25, 0.3) is 5.95 Å². The van der Waals surface area contributed by atoms with E-state index in [0.29, 0.717) is 11.1 Å². The number of hydrogen-bond donors (Lipinski definition) is 2. The van der Waals surface area contributed by atoms with E-state index >= 15 is 0 Å². The standard InChI is InChI=1S/C10H15N7OS/c1-6-4-7(2)17(15-6)9-13-14-10(16(9)11)19-5-8(18)12-3/h4H,5,11H2,1-3H3,(H,12,18). The van der Waals surface area contributed by atoms with E-state index in [1.807, 2.05) is 19.9 Å². The SMILES string of the molecule is CNC(=O)CSc1nnc(-n2nc(C)cc2C)n1N. The molecule has 19 heavy (non-hydrogen) atoms. The van der Waals surface area contributed by atoms with Crippen molar-refractivity contribution in [2.24, 2.45) is 0 Å². The summed E-state index contributed by atoms with van der Waals surface area (Å²) in [5.41, 5.74) is 1.79. The summed E-state index contributed by atoms with van der Waals surface area (Å²) in [5.74, 6) is 6.48. The molecule has 0 aliphatic rings. The van der Waals surface area contributed by atoms with Crippen molar-refractivity contribution in [2.45, 2.75) is 19.0 Å². The molecule has 3 N–H and O–H groups in total. The number of aryl methyl sites for hydroxylation is 2. The quantitative estimate of drug-likeness (QED) is 0.585. The van der Waals surface area contributed by atoms with Gasteiger partial charge >= 0.3 is 0 Å². The molecular weight excluding hydrogens is 266 g/mol. The first-order chi connectivity index (χ1) is 9.02. The Kier molecular flexibility index (Phi) is 3.74. The number of nitrogens with one attached hydrogen (secondary N) is 1. The average Bonchev–Trinajstić information content (AvgIpc) is 2.89. The Morgan fingerprint density at radius 3 is 2.79 bits per heavy atom. The molecule has 9 heteroatoms. The van der Waals surface area contributed by atoms with E-state index in [2.05, 4.69) is 20.6 Å². The number of hydrogen-bond acceptors (Lipinski definition) is 6. The molecule has 0 aliphatic carbocycles. The molecule has 0 spiro atoms. The topological polar surface area (TPSA) is 104 Å². The maximum Gasteiger partial charge on any atom is 0.271 e. The van der Waals surface area contributed by atoms with Crippen molar-refractivity contribution in [2.75, 3.05) is 18.6 Å². The van der Waals surface area contributed by atoms with E-state index < -0.39 is 0 Å². The van der Waals surface area contributed by atoms with Gasteiger partial charge in [0.1, 0.15) is 0 Å². The van der Waals surface area contributed by atoms with Gasteiger partial charge in [-0.05, 0) is 19.9 Å². The van der Waals surface area contributed by atoms with Crippen molar-refractivity contribution in [3.05, 3.63) is 17.5 Å². The maximum atomic E-state index is 11.2. The van der Waals surface area contributed by atoms with Gasteiger partial charge in [0.05, 0.1) is 11.4 Å². The lowest BCUT2D eigenvalue weighted by Crippen LogP contribution is -2.21. The number of carbonyl (C=O) groups is 1. The Morgan fingerprint density at radius 2 is 2.21 bits per heavy atom. The molecule has 2 aromatic rings. The van der Waals surface area contributed by atoms with Crippen LogP contribution in [0.2, 0.25) is 0 Å². The van der Waals surface area contributed by atoms with Gasteiger partial charge in [0.15, 0.2) is 0 Å². The fraction of sp³-hybridized carbons (Fsp3) is 0.400. The number of nitrogen functional groups attached to an aromatic ring is 1. The molecule has 0 aliphatic heterocycles. The first-order valence-corrected chi connectivity index (χ1v) is 6.59. The summed E-state index contributed by atoms with van der Waals surface area (Å²) in [7, 11) is 1.58. The van der Waals surface area contributed by atoms with Gasteiger partial charge in [-0.25, -0.2) is 9.36 Å². The van der Waals surface area contributed by atoms with Gasteiger partial charge in [-0.3, -0.25) is 4.79 Å². The maximum absolute atomic E-state index is 11.2. The van der Waals surface area contributed by atoms with Gasteiger partial charge in [0, 0.05) is 12.7 Å². The third kappa shape index (κ3) is 2.70. The predicted octanol–water partition coefficient (Wildman–Crippen LogP) is -0.367. The minimum Gasteiger partial charge on any atom is -0.358 e. The van der Waals surface area contributed by atoms with E-state index in [1.54, 1.807) is 11.7 Å². The lowest BCUT2D eigenvalue weighted by Gasteiger charge is -2.04. The summed E-state index contributed by atoms with van der Waals surface area (Å²) in [6, 6.07) is 1.92. The molecular formula is C10H15N7OS. The van der Waals surface area contributed by atoms with Gasteiger partial charge < -0.3 is 11.2 Å². The van der Waals surface area contributed by atoms with Gasteiger partial charge in [-0.15, -0.1) is 10.2 Å². The first-order valence-electron chi connectivity index (χ1n) is 5.60. The van der Waals surface area contributed by atoms with Crippen LogP contribution in [-0.4, -0.2) is 43.4 Å². The van der Waals surface area contributed by atoms with Crippen molar-refractivity contribution < 1.29 is 4.79 Å². The van der Waals surface area contributed by atoms with Crippen LogP contribution in [0, 0.1) is 13.8 Å². The number of nitrogens with two attached hydrogens (primary N) is 1. The number of nitrogens with zero attached hydrogens (tertiary/aromatic N) is 5. The minimum absolute atomic E-state index is 0.0966. The lowest BCUT2D eigenvalue weighted by molar-refractivity contribution is -0.118. The summed E-state index contributed by atoms with van der Waals surface area (Å²) in [6.45, 7) is 3.80. The van der Waals surface area contributed by atoms with Crippen molar-refractivity contribution in [1.82, 2.24) is 30.0 Å². The highest BCUT2D eigenvalue weighted by Crippen LogP contribution is 2.17. The van der Waals surface area contributed by atoms with Crippen LogP contribution in [0.15, 0.2) is 11.2 Å². The van der Waals surface area contributed by atoms with Crippen LogP contribution in [-0.2, 0) is 4.79 Å². The third-order valence-corrected chi connectivity index (χ3v) is 3.40. The third-order valence-electron chi connectivity index (χ3n) is 2.46. The number of aromatic nitrogens is 5. The highest BCUT2D eigenvalue weighted by molar-refractivity contribution is 7.99.